The summed E-state index contributed by atoms with van der Waals surface area (Å²) in [4.78, 5) is 0. The molecule has 1 aromatic carbocycles. The normalized spacial score (nSPS) is 23.9. The summed E-state index contributed by atoms with van der Waals surface area (Å²) in [7, 11) is 0. The van der Waals surface area contributed by atoms with Crippen LogP contribution >= 0.6 is 15.9 Å². The van der Waals surface area contributed by atoms with E-state index in [2.05, 4.69) is 21.2 Å². The van der Waals surface area contributed by atoms with Crippen molar-refractivity contribution in [2.45, 2.75) is 18.9 Å². The first-order valence-corrected chi connectivity index (χ1v) is 6.02. The van der Waals surface area contributed by atoms with E-state index in [-0.39, 0.29) is 11.9 Å². The SMILES string of the molecule is Nc1cc(F)c(Br)cc1NCC1CC(O)C1. The summed E-state index contributed by atoms with van der Waals surface area (Å²) in [6, 6.07) is 2.93. The average Bonchev–Trinajstić information content (AvgIpc) is 2.18. The topological polar surface area (TPSA) is 58.3 Å². The maximum absolute atomic E-state index is 13.1. The maximum atomic E-state index is 13.1. The Balaban J connectivity index is 1.96. The van der Waals surface area contributed by atoms with E-state index in [1.165, 1.54) is 6.07 Å². The van der Waals surface area contributed by atoms with Gasteiger partial charge in [-0.25, -0.2) is 4.39 Å². The van der Waals surface area contributed by atoms with E-state index < -0.39 is 0 Å². The Kier molecular flexibility index (Phi) is 3.35. The molecule has 0 atom stereocenters. The first-order valence-electron chi connectivity index (χ1n) is 5.22. The first-order chi connectivity index (χ1) is 7.56. The molecule has 0 bridgehead atoms. The van der Waals surface area contributed by atoms with Crippen molar-refractivity contribution in [1.82, 2.24) is 0 Å². The molecule has 1 aromatic rings. The summed E-state index contributed by atoms with van der Waals surface area (Å²) in [5, 5.41) is 12.3. The van der Waals surface area contributed by atoms with Gasteiger partial charge in [0.15, 0.2) is 0 Å². The molecular formula is C11H14BrFN2O. The molecule has 1 saturated carbocycles. The number of hydrogen-bond donors (Lipinski definition) is 3. The summed E-state index contributed by atoms with van der Waals surface area (Å²) in [5.74, 6) is 0.125. The first kappa shape index (κ1) is 11.7. The van der Waals surface area contributed by atoms with Gasteiger partial charge in [-0.05, 0) is 40.8 Å². The highest BCUT2D eigenvalue weighted by atomic mass is 79.9. The highest BCUT2D eigenvalue weighted by Gasteiger charge is 2.26. The molecule has 3 nitrogen and oxygen atoms in total. The van der Waals surface area contributed by atoms with Gasteiger partial charge >= 0.3 is 0 Å². The number of rotatable bonds is 3. The van der Waals surface area contributed by atoms with Crippen molar-refractivity contribution < 1.29 is 9.50 Å². The van der Waals surface area contributed by atoms with E-state index >= 15 is 0 Å². The van der Waals surface area contributed by atoms with E-state index in [4.69, 9.17) is 10.8 Å². The second kappa shape index (κ2) is 4.59. The third-order valence-corrected chi connectivity index (χ3v) is 3.49. The monoisotopic (exact) mass is 288 g/mol. The van der Waals surface area contributed by atoms with Crippen LogP contribution in [0.2, 0.25) is 0 Å². The molecule has 88 valence electrons. The minimum absolute atomic E-state index is 0.149. The van der Waals surface area contributed by atoms with E-state index in [0.717, 1.165) is 25.1 Å². The van der Waals surface area contributed by atoms with Gasteiger partial charge in [0.05, 0.1) is 22.0 Å². The molecule has 2 rings (SSSR count). The van der Waals surface area contributed by atoms with Gasteiger partial charge < -0.3 is 16.2 Å². The van der Waals surface area contributed by atoms with Crippen molar-refractivity contribution in [3.63, 3.8) is 0 Å². The quantitative estimate of drug-likeness (QED) is 0.749. The van der Waals surface area contributed by atoms with E-state index in [9.17, 15) is 4.39 Å². The Morgan fingerprint density at radius 3 is 2.81 bits per heavy atom. The molecular weight excluding hydrogens is 275 g/mol. The van der Waals surface area contributed by atoms with Crippen LogP contribution in [0.5, 0.6) is 0 Å². The highest BCUT2D eigenvalue weighted by molar-refractivity contribution is 9.10. The Morgan fingerprint density at radius 1 is 1.50 bits per heavy atom. The van der Waals surface area contributed by atoms with Crippen LogP contribution in [0.1, 0.15) is 12.8 Å². The lowest BCUT2D eigenvalue weighted by Gasteiger charge is -2.31. The fourth-order valence-corrected chi connectivity index (χ4v) is 2.18. The maximum Gasteiger partial charge on any atom is 0.139 e. The van der Waals surface area contributed by atoms with Crippen molar-refractivity contribution in [2.75, 3.05) is 17.6 Å². The standard InChI is InChI=1S/C11H14BrFN2O/c12-8-3-11(10(14)4-9(8)13)15-5-6-1-7(16)2-6/h3-4,6-7,15-16H,1-2,5,14H2. The third-order valence-electron chi connectivity index (χ3n) is 2.88. The molecule has 0 radical (unpaired) electrons. The van der Waals surface area contributed by atoms with Crippen LogP contribution in [0.15, 0.2) is 16.6 Å². The van der Waals surface area contributed by atoms with Crippen LogP contribution in [0.25, 0.3) is 0 Å². The molecule has 1 fully saturated rings. The van der Waals surface area contributed by atoms with Crippen molar-refractivity contribution in [2.24, 2.45) is 5.92 Å². The molecule has 0 aliphatic heterocycles. The molecule has 0 unspecified atom stereocenters. The van der Waals surface area contributed by atoms with Gasteiger partial charge in [0.2, 0.25) is 0 Å². The molecule has 5 heteroatoms. The van der Waals surface area contributed by atoms with Gasteiger partial charge in [0, 0.05) is 12.6 Å². The van der Waals surface area contributed by atoms with Crippen LogP contribution < -0.4 is 11.1 Å². The second-order valence-electron chi connectivity index (χ2n) is 4.23. The van der Waals surface area contributed by atoms with Crippen molar-refractivity contribution in [3.05, 3.63) is 22.4 Å². The molecule has 0 aromatic heterocycles. The number of aliphatic hydroxyl groups excluding tert-OH is 1. The number of halogens is 2. The van der Waals surface area contributed by atoms with Crippen LogP contribution in [0, 0.1) is 11.7 Å². The number of nitrogens with two attached hydrogens (primary N) is 1. The Morgan fingerprint density at radius 2 is 2.19 bits per heavy atom. The fourth-order valence-electron chi connectivity index (χ4n) is 1.84. The van der Waals surface area contributed by atoms with Gasteiger partial charge in [0.1, 0.15) is 5.82 Å². The van der Waals surface area contributed by atoms with Crippen molar-refractivity contribution >= 4 is 27.3 Å². The zero-order chi connectivity index (χ0) is 11.7. The van der Waals surface area contributed by atoms with Gasteiger partial charge in [-0.3, -0.25) is 0 Å². The van der Waals surface area contributed by atoms with Crippen LogP contribution in [0.3, 0.4) is 0 Å². The predicted molar refractivity (Wildman–Crippen MR) is 65.7 cm³/mol. The number of nitrogen functional groups attached to an aromatic ring is 1. The van der Waals surface area contributed by atoms with E-state index in [1.54, 1.807) is 6.07 Å². The Bertz CT molecular complexity index is 394. The van der Waals surface area contributed by atoms with Crippen LogP contribution in [-0.4, -0.2) is 17.8 Å². The summed E-state index contributed by atoms with van der Waals surface area (Å²) >= 11 is 3.12. The number of hydrogen-bond acceptors (Lipinski definition) is 3. The molecule has 1 aliphatic rings. The van der Waals surface area contributed by atoms with Gasteiger partial charge in [0.25, 0.3) is 0 Å². The number of nitrogens with one attached hydrogen (secondary N) is 1. The third kappa shape index (κ3) is 2.47. The van der Waals surface area contributed by atoms with Gasteiger partial charge in [-0.1, -0.05) is 0 Å². The van der Waals surface area contributed by atoms with Crippen LogP contribution in [0.4, 0.5) is 15.8 Å². The fraction of sp³-hybridized carbons (Fsp3) is 0.455. The zero-order valence-electron chi connectivity index (χ0n) is 8.71. The summed E-state index contributed by atoms with van der Waals surface area (Å²) in [5.41, 5.74) is 6.83. The number of aliphatic hydroxyl groups is 1. The lowest BCUT2D eigenvalue weighted by molar-refractivity contribution is 0.0487. The second-order valence-corrected chi connectivity index (χ2v) is 5.08. The van der Waals surface area contributed by atoms with Gasteiger partial charge in [-0.2, -0.15) is 0 Å². The van der Waals surface area contributed by atoms with E-state index in [1.807, 2.05) is 0 Å². The molecule has 16 heavy (non-hydrogen) atoms. The van der Waals surface area contributed by atoms with Crippen LogP contribution in [-0.2, 0) is 0 Å². The molecule has 1 aliphatic carbocycles. The number of anilines is 2. The predicted octanol–water partition coefficient (Wildman–Crippen LogP) is 2.35. The largest absolute Gasteiger partial charge is 0.397 e. The average molecular weight is 289 g/mol. The van der Waals surface area contributed by atoms with Gasteiger partial charge in [-0.15, -0.1) is 0 Å². The smallest absolute Gasteiger partial charge is 0.139 e. The lowest BCUT2D eigenvalue weighted by atomic mass is 9.82. The Hall–Kier alpha value is -0.810. The molecule has 0 spiro atoms. The Labute approximate surface area is 102 Å². The molecule has 0 saturated heterocycles. The lowest BCUT2D eigenvalue weighted by Crippen LogP contribution is -2.33. The summed E-state index contributed by atoms with van der Waals surface area (Å²) in [6.45, 7) is 0.763. The van der Waals surface area contributed by atoms with E-state index in [0.29, 0.717) is 16.1 Å². The van der Waals surface area contributed by atoms with Crippen molar-refractivity contribution in [3.8, 4) is 0 Å². The highest BCUT2D eigenvalue weighted by Crippen LogP contribution is 2.30. The minimum atomic E-state index is -0.359. The summed E-state index contributed by atoms with van der Waals surface area (Å²) < 4.78 is 13.5. The van der Waals surface area contributed by atoms with Crippen molar-refractivity contribution in [1.29, 1.82) is 0 Å². The molecule has 0 heterocycles. The molecule has 0 amide bonds. The minimum Gasteiger partial charge on any atom is -0.397 e. The number of benzene rings is 1. The summed E-state index contributed by atoms with van der Waals surface area (Å²) in [6.07, 6.45) is 1.51. The molecule has 4 N–H and O–H groups in total. The zero-order valence-corrected chi connectivity index (χ0v) is 10.3.